The van der Waals surface area contributed by atoms with Crippen molar-refractivity contribution in [3.8, 4) is 17.0 Å². The molecule has 2 aromatic heterocycles. The maximum Gasteiger partial charge on any atom is 0.118 e. The highest BCUT2D eigenvalue weighted by Gasteiger charge is 2.11. The molecule has 2 heterocycles. The molecule has 0 atom stereocenters. The number of hydrogen-bond acceptors (Lipinski definition) is 2. The number of ether oxygens (including phenoxy) is 1. The monoisotopic (exact) mass is 395 g/mol. The molecular formula is C20H18BrN3O. The van der Waals surface area contributed by atoms with E-state index in [9.17, 15) is 0 Å². The van der Waals surface area contributed by atoms with Gasteiger partial charge in [-0.15, -0.1) is 0 Å². The Morgan fingerprint density at radius 1 is 1.16 bits per heavy atom. The molecule has 5 heteroatoms. The zero-order valence-electron chi connectivity index (χ0n) is 13.9. The fraction of sp³-hybridized carbons (Fsp3) is 0.150. The van der Waals surface area contributed by atoms with Crippen LogP contribution in [0.25, 0.3) is 22.2 Å². The number of aryl methyl sites for hydroxylation is 2. The number of imidazole rings is 1. The minimum Gasteiger partial charge on any atom is -0.497 e. The Labute approximate surface area is 154 Å². The number of aromatic nitrogens is 3. The first kappa shape index (κ1) is 16.0. The summed E-state index contributed by atoms with van der Waals surface area (Å²) in [6.07, 6.45) is 6.82. The number of H-pyrrole nitrogens is 1. The maximum atomic E-state index is 5.22. The average Bonchev–Trinajstić information content (AvgIpc) is 3.26. The summed E-state index contributed by atoms with van der Waals surface area (Å²) in [7, 11) is 1.69. The van der Waals surface area contributed by atoms with E-state index in [4.69, 9.17) is 4.74 Å². The smallest absolute Gasteiger partial charge is 0.118 e. The Morgan fingerprint density at radius 2 is 2.00 bits per heavy atom. The van der Waals surface area contributed by atoms with E-state index in [1.165, 1.54) is 16.5 Å². The molecule has 0 aliphatic heterocycles. The molecule has 0 radical (unpaired) electrons. The van der Waals surface area contributed by atoms with E-state index in [0.717, 1.165) is 34.4 Å². The van der Waals surface area contributed by atoms with Gasteiger partial charge >= 0.3 is 0 Å². The Morgan fingerprint density at radius 3 is 2.80 bits per heavy atom. The lowest BCUT2D eigenvalue weighted by Crippen LogP contribution is -2.01. The number of nitrogens with zero attached hydrogens (tertiary/aromatic N) is 2. The molecule has 4 aromatic rings. The summed E-state index contributed by atoms with van der Waals surface area (Å²) in [5.41, 5.74) is 4.70. The molecule has 4 nitrogen and oxygen atoms in total. The molecule has 0 amide bonds. The third kappa shape index (κ3) is 3.20. The van der Waals surface area contributed by atoms with Crippen LogP contribution in [0.2, 0.25) is 0 Å². The van der Waals surface area contributed by atoms with Crippen molar-refractivity contribution < 1.29 is 4.74 Å². The number of halogens is 1. The van der Waals surface area contributed by atoms with Gasteiger partial charge in [0, 0.05) is 33.7 Å². The standard InChI is InChI=1S/C20H18BrN3O/c1-25-16-5-2-14(3-6-16)8-9-24-13-22-12-20(24)18-11-23-19-7-4-15(21)10-17(18)19/h2-7,10-13,23H,8-9H2,1H3. The van der Waals surface area contributed by atoms with Crippen LogP contribution in [-0.2, 0) is 13.0 Å². The van der Waals surface area contributed by atoms with Gasteiger partial charge in [0.1, 0.15) is 5.75 Å². The summed E-state index contributed by atoms with van der Waals surface area (Å²) in [5, 5.41) is 1.19. The maximum absolute atomic E-state index is 5.22. The van der Waals surface area contributed by atoms with Crippen molar-refractivity contribution in [2.75, 3.05) is 7.11 Å². The lowest BCUT2D eigenvalue weighted by Gasteiger charge is -2.08. The zero-order valence-corrected chi connectivity index (χ0v) is 15.5. The van der Waals surface area contributed by atoms with Gasteiger partial charge < -0.3 is 14.3 Å². The van der Waals surface area contributed by atoms with Crippen molar-refractivity contribution in [1.82, 2.24) is 14.5 Å². The molecule has 25 heavy (non-hydrogen) atoms. The molecule has 1 N–H and O–H groups in total. The summed E-state index contributed by atoms with van der Waals surface area (Å²) in [6, 6.07) is 14.5. The molecule has 0 aliphatic rings. The van der Waals surface area contributed by atoms with E-state index in [1.54, 1.807) is 7.11 Å². The molecule has 126 valence electrons. The lowest BCUT2D eigenvalue weighted by atomic mass is 10.1. The highest BCUT2D eigenvalue weighted by molar-refractivity contribution is 9.10. The van der Waals surface area contributed by atoms with Crippen LogP contribution in [0.3, 0.4) is 0 Å². The van der Waals surface area contributed by atoms with E-state index in [2.05, 4.69) is 60.9 Å². The predicted octanol–water partition coefficient (Wildman–Crippen LogP) is 5.05. The molecule has 2 aromatic carbocycles. The SMILES string of the molecule is COc1ccc(CCn2cncc2-c2c[nH]c3ccc(Br)cc23)cc1. The molecule has 4 rings (SSSR count). The van der Waals surface area contributed by atoms with Gasteiger partial charge in [0.05, 0.1) is 25.3 Å². The van der Waals surface area contributed by atoms with Gasteiger partial charge in [-0.2, -0.15) is 0 Å². The zero-order chi connectivity index (χ0) is 17.2. The number of methoxy groups -OCH3 is 1. The van der Waals surface area contributed by atoms with Crippen LogP contribution < -0.4 is 4.74 Å². The van der Waals surface area contributed by atoms with Crippen LogP contribution >= 0.6 is 15.9 Å². The van der Waals surface area contributed by atoms with Gasteiger partial charge in [0.2, 0.25) is 0 Å². The first-order valence-corrected chi connectivity index (χ1v) is 8.94. The molecule has 0 bridgehead atoms. The van der Waals surface area contributed by atoms with Gasteiger partial charge in [-0.25, -0.2) is 4.98 Å². The normalized spacial score (nSPS) is 11.1. The van der Waals surface area contributed by atoms with Gasteiger partial charge in [-0.3, -0.25) is 0 Å². The minimum atomic E-state index is 0.877. The van der Waals surface area contributed by atoms with Gasteiger partial charge in [-0.1, -0.05) is 28.1 Å². The van der Waals surface area contributed by atoms with E-state index >= 15 is 0 Å². The summed E-state index contributed by atoms with van der Waals surface area (Å²) in [4.78, 5) is 7.71. The number of fused-ring (bicyclic) bond motifs is 1. The van der Waals surface area contributed by atoms with E-state index < -0.39 is 0 Å². The van der Waals surface area contributed by atoms with Crippen molar-refractivity contribution in [3.63, 3.8) is 0 Å². The topological polar surface area (TPSA) is 42.8 Å². The Bertz CT molecular complexity index is 1000. The third-order valence-corrected chi connectivity index (χ3v) is 4.93. The van der Waals surface area contributed by atoms with Crippen molar-refractivity contribution in [1.29, 1.82) is 0 Å². The van der Waals surface area contributed by atoms with Crippen molar-refractivity contribution in [3.05, 3.63) is 71.2 Å². The summed E-state index contributed by atoms with van der Waals surface area (Å²) in [5.74, 6) is 0.886. The lowest BCUT2D eigenvalue weighted by molar-refractivity contribution is 0.414. The average molecular weight is 396 g/mol. The Hall–Kier alpha value is -2.53. The van der Waals surface area contributed by atoms with Gasteiger partial charge in [0.15, 0.2) is 0 Å². The number of rotatable bonds is 5. The first-order valence-electron chi connectivity index (χ1n) is 8.14. The minimum absolute atomic E-state index is 0.877. The van der Waals surface area contributed by atoms with Crippen LogP contribution in [0.15, 0.2) is 65.7 Å². The van der Waals surface area contributed by atoms with E-state index in [1.807, 2.05) is 30.7 Å². The highest BCUT2D eigenvalue weighted by Crippen LogP contribution is 2.30. The number of aromatic amines is 1. The van der Waals surface area contributed by atoms with Crippen LogP contribution in [0.1, 0.15) is 5.56 Å². The summed E-state index contributed by atoms with van der Waals surface area (Å²) in [6.45, 7) is 0.877. The quantitative estimate of drug-likeness (QED) is 0.513. The molecule has 0 unspecified atom stereocenters. The molecule has 0 saturated heterocycles. The number of benzene rings is 2. The molecule has 0 spiro atoms. The second-order valence-electron chi connectivity index (χ2n) is 5.96. The van der Waals surface area contributed by atoms with E-state index in [-0.39, 0.29) is 0 Å². The van der Waals surface area contributed by atoms with Crippen LogP contribution in [0, 0.1) is 0 Å². The second-order valence-corrected chi connectivity index (χ2v) is 6.88. The van der Waals surface area contributed by atoms with E-state index in [0.29, 0.717) is 0 Å². The number of nitrogens with one attached hydrogen (secondary N) is 1. The second kappa shape index (κ2) is 6.76. The predicted molar refractivity (Wildman–Crippen MR) is 104 cm³/mol. The van der Waals surface area contributed by atoms with Crippen molar-refractivity contribution in [2.24, 2.45) is 0 Å². The van der Waals surface area contributed by atoms with Crippen molar-refractivity contribution in [2.45, 2.75) is 13.0 Å². The Kier molecular flexibility index (Phi) is 4.32. The largest absolute Gasteiger partial charge is 0.497 e. The van der Waals surface area contributed by atoms with Gasteiger partial charge in [-0.05, 0) is 42.3 Å². The number of hydrogen-bond donors (Lipinski definition) is 1. The molecule has 0 aliphatic carbocycles. The van der Waals surface area contributed by atoms with Gasteiger partial charge in [0.25, 0.3) is 0 Å². The highest BCUT2D eigenvalue weighted by atomic mass is 79.9. The van der Waals surface area contributed by atoms with Crippen LogP contribution in [0.4, 0.5) is 0 Å². The fourth-order valence-corrected chi connectivity index (χ4v) is 3.43. The molecular weight excluding hydrogens is 378 g/mol. The third-order valence-electron chi connectivity index (χ3n) is 4.43. The fourth-order valence-electron chi connectivity index (χ4n) is 3.07. The molecule has 0 fully saturated rings. The van der Waals surface area contributed by atoms with Crippen LogP contribution in [0.5, 0.6) is 5.75 Å². The summed E-state index contributed by atoms with van der Waals surface area (Å²) < 4.78 is 8.49. The molecule has 0 saturated carbocycles. The van der Waals surface area contributed by atoms with Crippen LogP contribution in [-0.4, -0.2) is 21.6 Å². The first-order chi connectivity index (χ1) is 12.2. The van der Waals surface area contributed by atoms with Crippen molar-refractivity contribution >= 4 is 26.8 Å². The Balaban J connectivity index is 1.60. The summed E-state index contributed by atoms with van der Waals surface area (Å²) >= 11 is 3.56.